The maximum Gasteiger partial charge on any atom is 0.0950 e. The second-order valence-electron chi connectivity index (χ2n) is 3.06. The van der Waals surface area contributed by atoms with E-state index in [9.17, 15) is 5.11 Å². The lowest BCUT2D eigenvalue weighted by Gasteiger charge is -2.36. The van der Waals surface area contributed by atoms with Gasteiger partial charge in [0, 0.05) is 0 Å². The van der Waals surface area contributed by atoms with Crippen molar-refractivity contribution in [1.29, 1.82) is 0 Å². The number of nitrogens with zero attached hydrogens (tertiary/aromatic N) is 1. The Morgan fingerprint density at radius 1 is 1.30 bits per heavy atom. The van der Waals surface area contributed by atoms with Crippen molar-refractivity contribution in [2.45, 2.75) is 18.6 Å². The number of aliphatic hydroxyl groups is 1. The van der Waals surface area contributed by atoms with Crippen molar-refractivity contribution in [2.24, 2.45) is 0 Å². The number of aliphatic hydroxyl groups excluding tert-OH is 1. The van der Waals surface area contributed by atoms with Crippen molar-refractivity contribution < 1.29 is 9.84 Å². The fourth-order valence-electron chi connectivity index (χ4n) is 1.55. The molecule has 0 aromatic carbocycles. The molecule has 0 radical (unpaired) electrons. The first-order valence-electron chi connectivity index (χ1n) is 3.88. The summed E-state index contributed by atoms with van der Waals surface area (Å²) >= 11 is 0. The zero-order valence-electron chi connectivity index (χ0n) is 5.99. The van der Waals surface area contributed by atoms with Gasteiger partial charge in [-0.1, -0.05) is 0 Å². The van der Waals surface area contributed by atoms with Gasteiger partial charge >= 0.3 is 0 Å². The minimum atomic E-state index is -0.236. The quantitative estimate of drug-likeness (QED) is 0.534. The van der Waals surface area contributed by atoms with Crippen LogP contribution in [0, 0.1) is 0 Å². The highest BCUT2D eigenvalue weighted by Crippen LogP contribution is 2.18. The van der Waals surface area contributed by atoms with Crippen LogP contribution in [0.15, 0.2) is 0 Å². The number of rotatable bonds is 1. The third-order valence-corrected chi connectivity index (χ3v) is 2.38. The standard InChI is InChI=1S/C7H13NO2/c9-7-5-10-4-6(7)8-2-1-3-8/h6-7,9H,1-5H2/t6-,7-/m1/s1. The van der Waals surface area contributed by atoms with Gasteiger partial charge in [0.05, 0.1) is 25.4 Å². The minimum absolute atomic E-state index is 0.236. The molecule has 3 nitrogen and oxygen atoms in total. The van der Waals surface area contributed by atoms with Crippen LogP contribution in [0.25, 0.3) is 0 Å². The highest BCUT2D eigenvalue weighted by atomic mass is 16.5. The van der Waals surface area contributed by atoms with Gasteiger partial charge in [-0.2, -0.15) is 0 Å². The molecular formula is C7H13NO2. The largest absolute Gasteiger partial charge is 0.389 e. The third kappa shape index (κ3) is 0.944. The van der Waals surface area contributed by atoms with Crippen LogP contribution < -0.4 is 0 Å². The van der Waals surface area contributed by atoms with Crippen LogP contribution in [-0.2, 0) is 4.74 Å². The lowest BCUT2D eigenvalue weighted by Crippen LogP contribution is -2.50. The van der Waals surface area contributed by atoms with Gasteiger partial charge in [0.1, 0.15) is 0 Å². The van der Waals surface area contributed by atoms with Crippen LogP contribution in [-0.4, -0.2) is 48.5 Å². The second kappa shape index (κ2) is 2.49. The molecule has 2 rings (SSSR count). The van der Waals surface area contributed by atoms with E-state index in [1.165, 1.54) is 6.42 Å². The zero-order valence-corrected chi connectivity index (χ0v) is 5.99. The first-order chi connectivity index (χ1) is 4.88. The van der Waals surface area contributed by atoms with Gasteiger partial charge in [-0.05, 0) is 19.5 Å². The van der Waals surface area contributed by atoms with Gasteiger partial charge in [-0.3, -0.25) is 4.90 Å². The molecule has 0 aromatic heterocycles. The van der Waals surface area contributed by atoms with Gasteiger partial charge in [-0.15, -0.1) is 0 Å². The van der Waals surface area contributed by atoms with Crippen LogP contribution in [0.4, 0.5) is 0 Å². The lowest BCUT2D eigenvalue weighted by molar-refractivity contribution is 0.0451. The monoisotopic (exact) mass is 143 g/mol. The Bertz CT molecular complexity index is 125. The average molecular weight is 143 g/mol. The van der Waals surface area contributed by atoms with Crippen LogP contribution in [0.1, 0.15) is 6.42 Å². The van der Waals surface area contributed by atoms with Crippen molar-refractivity contribution in [1.82, 2.24) is 4.90 Å². The fraction of sp³-hybridized carbons (Fsp3) is 1.00. The summed E-state index contributed by atoms with van der Waals surface area (Å²) in [6.45, 7) is 3.54. The smallest absolute Gasteiger partial charge is 0.0950 e. The fourth-order valence-corrected chi connectivity index (χ4v) is 1.55. The summed E-state index contributed by atoms with van der Waals surface area (Å²) in [6, 6.07) is 0.300. The Morgan fingerprint density at radius 3 is 2.50 bits per heavy atom. The van der Waals surface area contributed by atoms with Gasteiger partial charge < -0.3 is 9.84 Å². The minimum Gasteiger partial charge on any atom is -0.389 e. The average Bonchev–Trinajstić information content (AvgIpc) is 2.12. The molecule has 0 aliphatic carbocycles. The van der Waals surface area contributed by atoms with Gasteiger partial charge in [-0.25, -0.2) is 0 Å². The third-order valence-electron chi connectivity index (χ3n) is 2.38. The molecular weight excluding hydrogens is 130 g/mol. The van der Waals surface area contributed by atoms with Crippen LogP contribution in [0.5, 0.6) is 0 Å². The molecule has 1 N–H and O–H groups in total. The highest BCUT2D eigenvalue weighted by Gasteiger charge is 2.33. The summed E-state index contributed by atoms with van der Waals surface area (Å²) < 4.78 is 5.13. The molecule has 3 heteroatoms. The Labute approximate surface area is 60.6 Å². The van der Waals surface area contributed by atoms with E-state index < -0.39 is 0 Å². The maximum atomic E-state index is 9.36. The molecule has 0 bridgehead atoms. The number of likely N-dealkylation sites (tertiary alicyclic amines) is 1. The van der Waals surface area contributed by atoms with Crippen molar-refractivity contribution in [3.05, 3.63) is 0 Å². The molecule has 0 unspecified atom stereocenters. The van der Waals surface area contributed by atoms with Crippen LogP contribution in [0.3, 0.4) is 0 Å². The Kier molecular flexibility index (Phi) is 1.64. The summed E-state index contributed by atoms with van der Waals surface area (Å²) in [5.41, 5.74) is 0. The summed E-state index contributed by atoms with van der Waals surface area (Å²) in [6.07, 6.45) is 1.05. The summed E-state index contributed by atoms with van der Waals surface area (Å²) in [5.74, 6) is 0. The molecule has 0 aromatic rings. The molecule has 0 spiro atoms. The van der Waals surface area contributed by atoms with E-state index in [0.717, 1.165) is 19.7 Å². The zero-order chi connectivity index (χ0) is 6.97. The van der Waals surface area contributed by atoms with E-state index in [2.05, 4.69) is 4.90 Å². The molecule has 58 valence electrons. The van der Waals surface area contributed by atoms with Crippen LogP contribution in [0.2, 0.25) is 0 Å². The lowest BCUT2D eigenvalue weighted by atomic mass is 10.1. The molecule has 2 saturated heterocycles. The van der Waals surface area contributed by atoms with Crippen molar-refractivity contribution in [3.8, 4) is 0 Å². The summed E-state index contributed by atoms with van der Waals surface area (Å²) in [7, 11) is 0. The van der Waals surface area contributed by atoms with Crippen molar-refractivity contribution in [2.75, 3.05) is 26.3 Å². The molecule has 2 heterocycles. The van der Waals surface area contributed by atoms with E-state index in [-0.39, 0.29) is 6.10 Å². The normalized spacial score (nSPS) is 41.7. The number of hydrogen-bond acceptors (Lipinski definition) is 3. The molecule has 0 amide bonds. The van der Waals surface area contributed by atoms with Gasteiger partial charge in [0.2, 0.25) is 0 Å². The molecule has 0 saturated carbocycles. The second-order valence-corrected chi connectivity index (χ2v) is 3.06. The number of hydrogen-bond donors (Lipinski definition) is 1. The van der Waals surface area contributed by atoms with E-state index >= 15 is 0 Å². The Balaban J connectivity index is 1.90. The SMILES string of the molecule is O[C@@H]1COC[C@H]1N1CCC1. The maximum absolute atomic E-state index is 9.36. The molecule has 2 atom stereocenters. The predicted molar refractivity (Wildman–Crippen MR) is 36.8 cm³/mol. The molecule has 10 heavy (non-hydrogen) atoms. The molecule has 2 fully saturated rings. The number of ether oxygens (including phenoxy) is 1. The van der Waals surface area contributed by atoms with Crippen LogP contribution >= 0.6 is 0 Å². The molecule has 2 aliphatic rings. The predicted octanol–water partition coefficient (Wildman–Crippen LogP) is -0.548. The molecule has 2 aliphatic heterocycles. The van der Waals surface area contributed by atoms with E-state index in [4.69, 9.17) is 4.74 Å². The van der Waals surface area contributed by atoms with Gasteiger partial charge in [0.25, 0.3) is 0 Å². The highest BCUT2D eigenvalue weighted by molar-refractivity contribution is 4.87. The summed E-state index contributed by atoms with van der Waals surface area (Å²) in [4.78, 5) is 2.29. The summed E-state index contributed by atoms with van der Waals surface area (Å²) in [5, 5.41) is 9.36. The first kappa shape index (κ1) is 6.58. The van der Waals surface area contributed by atoms with Gasteiger partial charge in [0.15, 0.2) is 0 Å². The van der Waals surface area contributed by atoms with Crippen molar-refractivity contribution >= 4 is 0 Å². The Morgan fingerprint density at radius 2 is 2.10 bits per heavy atom. The Hall–Kier alpha value is -0.120. The van der Waals surface area contributed by atoms with E-state index in [1.54, 1.807) is 0 Å². The van der Waals surface area contributed by atoms with E-state index in [0.29, 0.717) is 12.6 Å². The van der Waals surface area contributed by atoms with E-state index in [1.807, 2.05) is 0 Å². The topological polar surface area (TPSA) is 32.7 Å². The first-order valence-corrected chi connectivity index (χ1v) is 3.88. The van der Waals surface area contributed by atoms with Crippen molar-refractivity contribution in [3.63, 3.8) is 0 Å².